The molecular formula is C52H53NO. The summed E-state index contributed by atoms with van der Waals surface area (Å²) in [5, 5.41) is 1.26. The van der Waals surface area contributed by atoms with E-state index in [2.05, 4.69) is 144 Å². The molecule has 2 aliphatic heterocycles. The zero-order valence-electron chi connectivity index (χ0n) is 32.9. The first-order valence-corrected chi connectivity index (χ1v) is 20.8. The average Bonchev–Trinajstić information content (AvgIpc) is 3.43. The molecule has 0 saturated carbocycles. The van der Waals surface area contributed by atoms with E-state index in [9.17, 15) is 0 Å². The third-order valence-electron chi connectivity index (χ3n) is 15.4. The quantitative estimate of drug-likeness (QED) is 0.234. The number of hydrogen-bond acceptors (Lipinski definition) is 2. The normalized spacial score (nSPS) is 30.7. The molecule has 272 valence electrons. The molecule has 54 heavy (non-hydrogen) atoms. The lowest BCUT2D eigenvalue weighted by Gasteiger charge is -2.54. The molecule has 0 spiro atoms. The highest BCUT2D eigenvalue weighted by molar-refractivity contribution is 5.94. The van der Waals surface area contributed by atoms with Crippen molar-refractivity contribution in [3.63, 3.8) is 0 Å². The Kier molecular flexibility index (Phi) is 6.84. The fourth-order valence-electron chi connectivity index (χ4n) is 12.3. The van der Waals surface area contributed by atoms with Crippen LogP contribution in [0, 0.1) is 34.5 Å². The summed E-state index contributed by atoms with van der Waals surface area (Å²) in [6, 6.07) is 12.1. The van der Waals surface area contributed by atoms with Crippen LogP contribution in [0.3, 0.4) is 0 Å². The van der Waals surface area contributed by atoms with Gasteiger partial charge in [-0.2, -0.15) is 0 Å². The molecule has 2 heteroatoms. The lowest BCUT2D eigenvalue weighted by molar-refractivity contribution is 0.222. The number of benzene rings is 2. The van der Waals surface area contributed by atoms with Crippen molar-refractivity contribution in [1.82, 2.24) is 4.90 Å². The van der Waals surface area contributed by atoms with Gasteiger partial charge in [-0.05, 0) is 112 Å². The van der Waals surface area contributed by atoms with Gasteiger partial charge in [0, 0.05) is 58.0 Å². The topological polar surface area (TPSA) is 16.4 Å². The fraction of sp³-hybridized carbons (Fsp3) is 0.385. The van der Waals surface area contributed by atoms with Gasteiger partial charge in [-0.25, -0.2) is 0 Å². The molecule has 2 aromatic carbocycles. The van der Waals surface area contributed by atoms with E-state index >= 15 is 0 Å². The maximum atomic E-state index is 7.25. The summed E-state index contributed by atoms with van der Waals surface area (Å²) < 4.78 is 7.25. The molecule has 7 atom stereocenters. The maximum absolute atomic E-state index is 7.25. The summed E-state index contributed by atoms with van der Waals surface area (Å²) in [4.78, 5) is 2.73. The molecule has 0 fully saturated rings. The van der Waals surface area contributed by atoms with E-state index in [1.807, 2.05) is 0 Å². The first-order chi connectivity index (χ1) is 26.0. The molecular weight excluding hydrogens is 655 g/mol. The standard InChI is InChI=1S/C52H53NO/c1-29-27-44-36(22-21-34(29)31(3)51(4,5)6)37-20-18-33-24-26-53-43-23-19-32-13-12-15-35-30(2)45-42-17-10-11-25-52(42,7)41-16-9-8-14-38(41)48(45)40(28-39(43)46(32)35)49(53)47(33)50(37)54-44/h8,10-15,17-18,20-22,24-26,30-31,34,40-41,49H,1,9,16,19,23,27-28H2,2-7H3. The van der Waals surface area contributed by atoms with Gasteiger partial charge in [-0.1, -0.05) is 127 Å². The van der Waals surface area contributed by atoms with E-state index in [0.717, 1.165) is 43.4 Å². The minimum absolute atomic E-state index is 0.0124. The molecule has 11 rings (SSSR count). The Hall–Kier alpha value is -4.56. The second kappa shape index (κ2) is 11.2. The number of allylic oxidation sites excluding steroid dienone is 13. The fourth-order valence-corrected chi connectivity index (χ4v) is 12.3. The minimum Gasteiger partial charge on any atom is -0.460 e. The first kappa shape index (κ1) is 32.8. The summed E-state index contributed by atoms with van der Waals surface area (Å²) in [6.07, 6.45) is 30.7. The lowest BCUT2D eigenvalue weighted by atomic mass is 9.53. The molecule has 0 saturated heterocycles. The molecule has 3 aromatic rings. The van der Waals surface area contributed by atoms with Gasteiger partial charge in [0.1, 0.15) is 11.3 Å². The van der Waals surface area contributed by atoms with Crippen LogP contribution < -0.4 is 0 Å². The number of nitrogens with zero attached hydrogens (tertiary/aromatic N) is 1. The minimum atomic E-state index is -0.0124. The third-order valence-corrected chi connectivity index (χ3v) is 15.4. The smallest absolute Gasteiger partial charge is 0.140 e. The van der Waals surface area contributed by atoms with Gasteiger partial charge < -0.3 is 9.32 Å². The van der Waals surface area contributed by atoms with Crippen molar-refractivity contribution in [2.24, 2.45) is 34.5 Å². The van der Waals surface area contributed by atoms with E-state index in [0.29, 0.717) is 29.6 Å². The molecule has 7 unspecified atom stereocenters. The highest BCUT2D eigenvalue weighted by Gasteiger charge is 2.52. The van der Waals surface area contributed by atoms with Gasteiger partial charge in [0.15, 0.2) is 0 Å². The van der Waals surface area contributed by atoms with Crippen LogP contribution in [0.5, 0.6) is 0 Å². The zero-order chi connectivity index (χ0) is 36.8. The van der Waals surface area contributed by atoms with Gasteiger partial charge in [-0.3, -0.25) is 0 Å². The Morgan fingerprint density at radius 1 is 1.00 bits per heavy atom. The number of aryl methyl sites for hydroxylation is 1. The Labute approximate surface area is 321 Å². The molecule has 8 aliphatic rings. The SMILES string of the molecule is C=C1Cc2oc3c4c(ccc3c2C=CC1C(C)C(C)(C)C)C=CN1C2=C3CC(C5=C6C=CCCC6C6(C)C=CC=CC6=C5C(C)c5cccc(c53)CC2)C41. The average molecular weight is 708 g/mol. The molecule has 0 amide bonds. The van der Waals surface area contributed by atoms with Crippen LogP contribution in [0.2, 0.25) is 0 Å². The van der Waals surface area contributed by atoms with Crippen LogP contribution in [-0.4, -0.2) is 4.90 Å². The lowest BCUT2D eigenvalue weighted by Crippen LogP contribution is -2.43. The second-order valence-corrected chi connectivity index (χ2v) is 19.0. The highest BCUT2D eigenvalue weighted by atomic mass is 16.3. The van der Waals surface area contributed by atoms with Crippen LogP contribution in [0.1, 0.15) is 118 Å². The van der Waals surface area contributed by atoms with Crippen molar-refractivity contribution in [2.75, 3.05) is 0 Å². The Morgan fingerprint density at radius 2 is 1.87 bits per heavy atom. The van der Waals surface area contributed by atoms with Crippen LogP contribution in [0.4, 0.5) is 0 Å². The van der Waals surface area contributed by atoms with Gasteiger partial charge in [0.25, 0.3) is 0 Å². The second-order valence-electron chi connectivity index (χ2n) is 19.0. The molecule has 0 N–H and O–H groups in total. The summed E-state index contributed by atoms with van der Waals surface area (Å²) in [6.45, 7) is 19.2. The third kappa shape index (κ3) is 4.29. The summed E-state index contributed by atoms with van der Waals surface area (Å²) >= 11 is 0. The van der Waals surface area contributed by atoms with E-state index in [-0.39, 0.29) is 16.9 Å². The number of hydrogen-bond donors (Lipinski definition) is 0. The Balaban J connectivity index is 1.18. The van der Waals surface area contributed by atoms with Crippen molar-refractivity contribution >= 4 is 28.7 Å². The Morgan fingerprint density at radius 3 is 2.72 bits per heavy atom. The molecule has 6 aliphatic carbocycles. The summed E-state index contributed by atoms with van der Waals surface area (Å²) in [7, 11) is 0. The van der Waals surface area contributed by atoms with E-state index in [1.165, 1.54) is 50.9 Å². The van der Waals surface area contributed by atoms with Gasteiger partial charge in [-0.15, -0.1) is 0 Å². The largest absolute Gasteiger partial charge is 0.460 e. The van der Waals surface area contributed by atoms with Gasteiger partial charge >= 0.3 is 0 Å². The Bertz CT molecular complexity index is 2470. The van der Waals surface area contributed by atoms with Crippen molar-refractivity contribution < 1.29 is 4.42 Å². The van der Waals surface area contributed by atoms with Crippen molar-refractivity contribution in [1.29, 1.82) is 0 Å². The van der Waals surface area contributed by atoms with Gasteiger partial charge in [0.05, 0.1) is 6.04 Å². The number of furan rings is 1. The van der Waals surface area contributed by atoms with Crippen LogP contribution in [-0.2, 0) is 12.8 Å². The first-order valence-electron chi connectivity index (χ1n) is 20.8. The van der Waals surface area contributed by atoms with Crippen molar-refractivity contribution in [3.05, 3.63) is 158 Å². The maximum Gasteiger partial charge on any atom is 0.140 e. The van der Waals surface area contributed by atoms with Gasteiger partial charge in [0.2, 0.25) is 0 Å². The van der Waals surface area contributed by atoms with Crippen LogP contribution in [0.25, 0.3) is 28.7 Å². The van der Waals surface area contributed by atoms with Crippen molar-refractivity contribution in [3.8, 4) is 0 Å². The molecule has 2 nitrogen and oxygen atoms in total. The number of rotatable bonds is 1. The summed E-state index contributed by atoms with van der Waals surface area (Å²) in [5.74, 6) is 2.95. The zero-order valence-corrected chi connectivity index (χ0v) is 32.9. The predicted molar refractivity (Wildman–Crippen MR) is 224 cm³/mol. The van der Waals surface area contributed by atoms with E-state index in [1.54, 1.807) is 33.4 Å². The molecule has 1 aromatic heterocycles. The highest BCUT2D eigenvalue weighted by Crippen LogP contribution is 2.64. The predicted octanol–water partition coefficient (Wildman–Crippen LogP) is 13.4. The molecule has 2 bridgehead atoms. The van der Waals surface area contributed by atoms with E-state index < -0.39 is 0 Å². The van der Waals surface area contributed by atoms with Crippen molar-refractivity contribution in [2.45, 2.75) is 92.0 Å². The monoisotopic (exact) mass is 707 g/mol. The van der Waals surface area contributed by atoms with Crippen LogP contribution >= 0.6 is 0 Å². The van der Waals surface area contributed by atoms with Crippen LogP contribution in [0.15, 0.2) is 124 Å². The number of fused-ring (bicyclic) bond motifs is 15. The van der Waals surface area contributed by atoms with E-state index in [4.69, 9.17) is 4.42 Å². The molecule has 0 radical (unpaired) electrons. The molecule has 3 heterocycles. The summed E-state index contributed by atoms with van der Waals surface area (Å²) in [5.41, 5.74) is 20.6.